The van der Waals surface area contributed by atoms with Crippen molar-refractivity contribution in [2.75, 3.05) is 32.2 Å². The van der Waals surface area contributed by atoms with E-state index < -0.39 is 10.0 Å². The summed E-state index contributed by atoms with van der Waals surface area (Å²) in [4.78, 5) is 12.1. The largest absolute Gasteiger partial charge is 0.497 e. The number of piperidine rings is 1. The van der Waals surface area contributed by atoms with Crippen LogP contribution >= 0.6 is 23.2 Å². The smallest absolute Gasteiger partial charge is 0.250 e. The molecule has 1 amide bonds. The van der Waals surface area contributed by atoms with Crippen molar-refractivity contribution >= 4 is 44.8 Å². The van der Waals surface area contributed by atoms with Gasteiger partial charge in [-0.25, -0.2) is 8.42 Å². The van der Waals surface area contributed by atoms with Crippen LogP contribution in [0.1, 0.15) is 25.7 Å². The Bertz CT molecular complexity index is 1050. The zero-order valence-electron chi connectivity index (χ0n) is 17.7. The predicted molar refractivity (Wildman–Crippen MR) is 125 cm³/mol. The van der Waals surface area contributed by atoms with Crippen LogP contribution in [0.5, 0.6) is 5.75 Å². The number of anilines is 1. The SMILES string of the molecule is COc1cccc(NC(=O)COCCC2CCCCN2S(=O)(=O)c2cccc(Cl)c2Cl)c1. The number of hydrogen-bond donors (Lipinski definition) is 1. The Morgan fingerprint density at radius 1 is 1.19 bits per heavy atom. The van der Waals surface area contributed by atoms with Gasteiger partial charge < -0.3 is 14.8 Å². The van der Waals surface area contributed by atoms with E-state index >= 15 is 0 Å². The van der Waals surface area contributed by atoms with Crippen LogP contribution in [0.25, 0.3) is 0 Å². The molecule has 174 valence electrons. The molecule has 0 aromatic heterocycles. The van der Waals surface area contributed by atoms with Gasteiger partial charge >= 0.3 is 0 Å². The highest BCUT2D eigenvalue weighted by Crippen LogP contribution is 2.34. The number of nitrogens with one attached hydrogen (secondary N) is 1. The van der Waals surface area contributed by atoms with Crippen molar-refractivity contribution in [2.45, 2.75) is 36.6 Å². The minimum atomic E-state index is -3.79. The Hall–Kier alpha value is -1.84. The maximum Gasteiger partial charge on any atom is 0.250 e. The van der Waals surface area contributed by atoms with E-state index in [1.807, 2.05) is 0 Å². The van der Waals surface area contributed by atoms with Crippen molar-refractivity contribution in [3.63, 3.8) is 0 Å². The molecular formula is C22H26Cl2N2O5S. The topological polar surface area (TPSA) is 84.9 Å². The second-order valence-corrected chi connectivity index (χ2v) is 10.1. The van der Waals surface area contributed by atoms with Gasteiger partial charge in [0.1, 0.15) is 17.3 Å². The lowest BCUT2D eigenvalue weighted by Gasteiger charge is -2.35. The van der Waals surface area contributed by atoms with Crippen LogP contribution in [-0.2, 0) is 19.6 Å². The number of amides is 1. The Balaban J connectivity index is 1.55. The van der Waals surface area contributed by atoms with Crippen LogP contribution in [0, 0.1) is 0 Å². The van der Waals surface area contributed by atoms with E-state index in [4.69, 9.17) is 32.7 Å². The lowest BCUT2D eigenvalue weighted by Crippen LogP contribution is -2.44. The fraction of sp³-hybridized carbons (Fsp3) is 0.409. The molecule has 1 unspecified atom stereocenters. The summed E-state index contributed by atoms with van der Waals surface area (Å²) in [5, 5.41) is 2.98. The zero-order chi connectivity index (χ0) is 23.1. The fourth-order valence-electron chi connectivity index (χ4n) is 3.67. The van der Waals surface area contributed by atoms with Crippen molar-refractivity contribution in [3.8, 4) is 5.75 Å². The first-order valence-corrected chi connectivity index (χ1v) is 12.5. The molecule has 7 nitrogen and oxygen atoms in total. The van der Waals surface area contributed by atoms with E-state index in [-0.39, 0.29) is 40.1 Å². The maximum atomic E-state index is 13.2. The van der Waals surface area contributed by atoms with Gasteiger partial charge in [-0.1, -0.05) is 41.8 Å². The summed E-state index contributed by atoms with van der Waals surface area (Å²) in [6.07, 6.45) is 2.90. The molecule has 0 saturated carbocycles. The van der Waals surface area contributed by atoms with Crippen LogP contribution in [0.3, 0.4) is 0 Å². The quantitative estimate of drug-likeness (QED) is 0.508. The first-order chi connectivity index (χ1) is 15.3. The van der Waals surface area contributed by atoms with Crippen molar-refractivity contribution < 1.29 is 22.7 Å². The first kappa shape index (κ1) is 24.8. The summed E-state index contributed by atoms with van der Waals surface area (Å²) in [6, 6.07) is 11.4. The fourth-order valence-corrected chi connectivity index (χ4v) is 6.13. The molecule has 0 bridgehead atoms. The molecule has 10 heteroatoms. The highest BCUT2D eigenvalue weighted by Gasteiger charge is 2.34. The molecule has 1 saturated heterocycles. The third-order valence-corrected chi connectivity index (χ3v) is 8.18. The molecule has 1 fully saturated rings. The normalized spacial score (nSPS) is 17.2. The van der Waals surface area contributed by atoms with Crippen molar-refractivity contribution in [1.82, 2.24) is 4.31 Å². The van der Waals surface area contributed by atoms with Gasteiger partial charge in [-0.2, -0.15) is 4.31 Å². The second-order valence-electron chi connectivity index (χ2n) is 7.44. The van der Waals surface area contributed by atoms with Crippen LogP contribution in [0.4, 0.5) is 5.69 Å². The molecule has 2 aromatic rings. The molecule has 1 aliphatic heterocycles. The van der Waals surface area contributed by atoms with Crippen molar-refractivity contribution in [3.05, 3.63) is 52.5 Å². The van der Waals surface area contributed by atoms with Crippen molar-refractivity contribution in [2.24, 2.45) is 0 Å². The highest BCUT2D eigenvalue weighted by atomic mass is 35.5. The Morgan fingerprint density at radius 2 is 1.97 bits per heavy atom. The molecule has 0 spiro atoms. The van der Waals surface area contributed by atoms with Gasteiger partial charge in [-0.15, -0.1) is 0 Å². The van der Waals surface area contributed by atoms with E-state index in [0.29, 0.717) is 24.4 Å². The lowest BCUT2D eigenvalue weighted by molar-refractivity contribution is -0.120. The monoisotopic (exact) mass is 500 g/mol. The average molecular weight is 501 g/mol. The van der Waals surface area contributed by atoms with Gasteiger partial charge in [-0.3, -0.25) is 4.79 Å². The number of benzene rings is 2. The van der Waals surface area contributed by atoms with Gasteiger partial charge in [0.2, 0.25) is 15.9 Å². The number of sulfonamides is 1. The number of hydrogen-bond acceptors (Lipinski definition) is 5. The third kappa shape index (κ3) is 6.14. The maximum absolute atomic E-state index is 13.2. The van der Waals surface area contributed by atoms with Crippen LogP contribution in [0.2, 0.25) is 10.0 Å². The summed E-state index contributed by atoms with van der Waals surface area (Å²) >= 11 is 12.2. The minimum absolute atomic E-state index is 0.0113. The number of methoxy groups -OCH3 is 1. The van der Waals surface area contributed by atoms with E-state index in [1.165, 1.54) is 10.4 Å². The average Bonchev–Trinajstić information content (AvgIpc) is 2.78. The zero-order valence-corrected chi connectivity index (χ0v) is 20.0. The number of rotatable bonds is 9. The Morgan fingerprint density at radius 3 is 2.75 bits per heavy atom. The second kappa shape index (κ2) is 11.3. The standard InChI is InChI=1S/C22H26Cl2N2O5S/c1-30-18-8-4-6-16(14-18)25-21(27)15-31-13-11-17-7-2-3-12-26(17)32(28,29)20-10-5-9-19(23)22(20)24/h4-6,8-10,14,17H,2-3,7,11-13,15H2,1H3,(H,25,27). The van der Waals surface area contributed by atoms with E-state index in [0.717, 1.165) is 19.3 Å². The molecule has 1 heterocycles. The van der Waals surface area contributed by atoms with Gasteiger partial charge in [0.05, 0.1) is 17.2 Å². The van der Waals surface area contributed by atoms with Gasteiger partial charge in [0, 0.05) is 30.9 Å². The number of ether oxygens (including phenoxy) is 2. The molecular weight excluding hydrogens is 475 g/mol. The van der Waals surface area contributed by atoms with E-state index in [9.17, 15) is 13.2 Å². The third-order valence-electron chi connectivity index (χ3n) is 5.26. The first-order valence-electron chi connectivity index (χ1n) is 10.3. The molecule has 1 aliphatic rings. The van der Waals surface area contributed by atoms with Crippen LogP contribution in [-0.4, -0.2) is 51.5 Å². The minimum Gasteiger partial charge on any atom is -0.497 e. The lowest BCUT2D eigenvalue weighted by atomic mass is 10.0. The molecule has 1 atom stereocenters. The number of carbonyl (C=O) groups is 1. The molecule has 32 heavy (non-hydrogen) atoms. The van der Waals surface area contributed by atoms with Gasteiger partial charge in [0.25, 0.3) is 0 Å². The molecule has 0 aliphatic carbocycles. The summed E-state index contributed by atoms with van der Waals surface area (Å²) < 4.78 is 38.6. The van der Waals surface area contributed by atoms with Crippen molar-refractivity contribution in [1.29, 1.82) is 0 Å². The Kier molecular flexibility index (Phi) is 8.79. The predicted octanol–water partition coefficient (Wildman–Crippen LogP) is 4.59. The van der Waals surface area contributed by atoms with Crippen LogP contribution in [0.15, 0.2) is 47.4 Å². The number of carbonyl (C=O) groups excluding carboxylic acids is 1. The van der Waals surface area contributed by atoms with Crippen LogP contribution < -0.4 is 10.1 Å². The highest BCUT2D eigenvalue weighted by molar-refractivity contribution is 7.89. The van der Waals surface area contributed by atoms with E-state index in [1.54, 1.807) is 43.5 Å². The molecule has 3 rings (SSSR count). The van der Waals surface area contributed by atoms with E-state index in [2.05, 4.69) is 5.32 Å². The molecule has 1 N–H and O–H groups in total. The summed E-state index contributed by atoms with van der Waals surface area (Å²) in [7, 11) is -2.24. The Labute approximate surface area is 198 Å². The molecule has 2 aromatic carbocycles. The summed E-state index contributed by atoms with van der Waals surface area (Å²) in [6.45, 7) is 0.536. The summed E-state index contributed by atoms with van der Waals surface area (Å²) in [5.41, 5.74) is 0.612. The summed E-state index contributed by atoms with van der Waals surface area (Å²) in [5.74, 6) is 0.346. The van der Waals surface area contributed by atoms with Gasteiger partial charge in [0.15, 0.2) is 0 Å². The van der Waals surface area contributed by atoms with Gasteiger partial charge in [-0.05, 0) is 43.5 Å². The molecule has 0 radical (unpaired) electrons. The number of halogens is 2. The number of nitrogens with zero attached hydrogens (tertiary/aromatic N) is 1.